The van der Waals surface area contributed by atoms with Crippen molar-refractivity contribution in [2.24, 2.45) is 23.7 Å². The Hall–Kier alpha value is -1.94. The molecule has 504 valence electrons. The van der Waals surface area contributed by atoms with Crippen molar-refractivity contribution in [1.82, 2.24) is 0 Å². The summed E-state index contributed by atoms with van der Waals surface area (Å²) in [6, 6.07) is 0. The van der Waals surface area contributed by atoms with E-state index in [0.717, 1.165) is 114 Å². The second-order valence-electron chi connectivity index (χ2n) is 25.3. The molecule has 0 aromatic carbocycles. The van der Waals surface area contributed by atoms with Crippen LogP contribution in [0.25, 0.3) is 0 Å². The van der Waals surface area contributed by atoms with Gasteiger partial charge >= 0.3 is 39.5 Å². The van der Waals surface area contributed by atoms with Crippen LogP contribution in [0.5, 0.6) is 0 Å². The number of carbonyl (C=O) groups excluding carboxylic acids is 4. The van der Waals surface area contributed by atoms with E-state index in [1.807, 2.05) is 0 Å². The van der Waals surface area contributed by atoms with E-state index in [9.17, 15) is 43.2 Å². The highest BCUT2D eigenvalue weighted by molar-refractivity contribution is 7.47. The van der Waals surface area contributed by atoms with Crippen LogP contribution in [0.2, 0.25) is 0 Å². The Kier molecular flexibility index (Phi) is 54.8. The summed E-state index contributed by atoms with van der Waals surface area (Å²) >= 11 is 0. The number of unbranched alkanes of at least 4 members (excludes halogenated alkanes) is 27. The highest BCUT2D eigenvalue weighted by Gasteiger charge is 2.30. The lowest BCUT2D eigenvalue weighted by molar-refractivity contribution is -0.161. The molecule has 0 amide bonds. The number of hydrogen-bond acceptors (Lipinski definition) is 15. The Morgan fingerprint density at radius 1 is 0.329 bits per heavy atom. The predicted octanol–water partition coefficient (Wildman–Crippen LogP) is 18.1. The minimum atomic E-state index is -4.95. The molecule has 0 saturated carbocycles. The lowest BCUT2D eigenvalue weighted by Crippen LogP contribution is -2.30. The van der Waals surface area contributed by atoms with E-state index in [0.29, 0.717) is 31.6 Å². The van der Waals surface area contributed by atoms with Gasteiger partial charge in [0.15, 0.2) is 12.2 Å². The summed E-state index contributed by atoms with van der Waals surface area (Å²) in [5.74, 6) is 0.824. The average Bonchev–Trinajstić information content (AvgIpc) is 3.56. The highest BCUT2D eigenvalue weighted by Crippen LogP contribution is 2.45. The molecule has 0 fully saturated rings. The van der Waals surface area contributed by atoms with Gasteiger partial charge in [0.2, 0.25) is 0 Å². The van der Waals surface area contributed by atoms with Gasteiger partial charge in [0.05, 0.1) is 26.4 Å². The first kappa shape index (κ1) is 83.1. The van der Waals surface area contributed by atoms with Crippen LogP contribution in [0.1, 0.15) is 319 Å². The highest BCUT2D eigenvalue weighted by atomic mass is 31.2. The molecule has 0 aliphatic rings. The predicted molar refractivity (Wildman–Crippen MR) is 340 cm³/mol. The van der Waals surface area contributed by atoms with E-state index in [1.54, 1.807) is 0 Å². The maximum atomic E-state index is 13.0. The van der Waals surface area contributed by atoms with E-state index in [1.165, 1.54) is 116 Å². The number of hydrogen-bond donors (Lipinski definition) is 3. The third kappa shape index (κ3) is 58.2. The van der Waals surface area contributed by atoms with Gasteiger partial charge in [-0.25, -0.2) is 9.13 Å². The monoisotopic (exact) mass is 1250 g/mol. The van der Waals surface area contributed by atoms with Crippen molar-refractivity contribution < 1.29 is 80.2 Å². The first-order chi connectivity index (χ1) is 40.7. The molecule has 0 rings (SSSR count). The summed E-state index contributed by atoms with van der Waals surface area (Å²) in [6.07, 6.45) is 36.2. The van der Waals surface area contributed by atoms with Gasteiger partial charge in [0.1, 0.15) is 19.3 Å². The van der Waals surface area contributed by atoms with Crippen LogP contribution in [0.3, 0.4) is 0 Å². The summed E-state index contributed by atoms with van der Waals surface area (Å²) in [4.78, 5) is 72.3. The van der Waals surface area contributed by atoms with E-state index < -0.39 is 97.5 Å². The Labute approximate surface area is 517 Å². The van der Waals surface area contributed by atoms with Gasteiger partial charge in [0, 0.05) is 25.7 Å². The largest absolute Gasteiger partial charge is 0.472 e. The summed E-state index contributed by atoms with van der Waals surface area (Å²) in [5, 5.41) is 10.6. The van der Waals surface area contributed by atoms with Crippen molar-refractivity contribution in [2.45, 2.75) is 337 Å². The van der Waals surface area contributed by atoms with Gasteiger partial charge in [-0.3, -0.25) is 37.3 Å². The number of esters is 4. The van der Waals surface area contributed by atoms with Crippen LogP contribution in [0.4, 0.5) is 0 Å². The lowest BCUT2D eigenvalue weighted by atomic mass is 9.99. The van der Waals surface area contributed by atoms with Crippen molar-refractivity contribution in [3.8, 4) is 0 Å². The Morgan fingerprint density at radius 3 is 0.835 bits per heavy atom. The zero-order valence-electron chi connectivity index (χ0n) is 55.2. The topological polar surface area (TPSA) is 237 Å². The molecule has 4 unspecified atom stereocenters. The van der Waals surface area contributed by atoms with Crippen molar-refractivity contribution in [3.05, 3.63) is 0 Å². The van der Waals surface area contributed by atoms with Crippen LogP contribution in [0.15, 0.2) is 0 Å². The van der Waals surface area contributed by atoms with Crippen LogP contribution >= 0.6 is 15.6 Å². The normalized spacial score (nSPS) is 15.0. The SMILES string of the molecule is CCC(C)CCCCCCCCCCC(=O)OC[C@H](COP(=O)(O)OC[C@@H](O)COP(=O)(O)OC[C@@H](COC(=O)CCCCCCCCC(C)C)OC(=O)CCCCCCCCCCCC(C)C)OC(=O)CCCCCCCCCCC(C)CC. The Bertz CT molecular complexity index is 1700. The number of ether oxygens (including phenoxy) is 4. The molecule has 19 heteroatoms. The molecule has 7 atom stereocenters. The number of aliphatic hydroxyl groups excluding tert-OH is 1. The Balaban J connectivity index is 5.27. The van der Waals surface area contributed by atoms with Crippen LogP contribution in [-0.4, -0.2) is 96.7 Å². The molecule has 0 heterocycles. The number of phosphoric ester groups is 2. The molecule has 0 aromatic rings. The molecule has 0 spiro atoms. The zero-order valence-corrected chi connectivity index (χ0v) is 57.0. The Morgan fingerprint density at radius 2 is 0.565 bits per heavy atom. The molecular formula is C66H128O17P2. The van der Waals surface area contributed by atoms with Crippen LogP contribution in [0, 0.1) is 23.7 Å². The number of rotatable bonds is 63. The van der Waals surface area contributed by atoms with E-state index >= 15 is 0 Å². The maximum Gasteiger partial charge on any atom is 0.472 e. The van der Waals surface area contributed by atoms with Crippen molar-refractivity contribution >= 4 is 39.5 Å². The van der Waals surface area contributed by atoms with Gasteiger partial charge in [-0.1, -0.05) is 267 Å². The van der Waals surface area contributed by atoms with Crippen LogP contribution < -0.4 is 0 Å². The minimum Gasteiger partial charge on any atom is -0.462 e. The van der Waals surface area contributed by atoms with Crippen molar-refractivity contribution in [3.63, 3.8) is 0 Å². The lowest BCUT2D eigenvalue weighted by Gasteiger charge is -2.21. The molecule has 0 saturated heterocycles. The second kappa shape index (κ2) is 56.1. The third-order valence-corrected chi connectivity index (χ3v) is 17.7. The fraction of sp³-hybridized carbons (Fsp3) is 0.939. The molecule has 0 aromatic heterocycles. The standard InChI is InChI=1S/C66H128O17P2/c1-9-58(7)44-36-28-19-14-16-21-30-38-46-63(68)76-52-61(83-66(71)49-41-33-23-17-15-20-29-37-45-59(8)10-2)54-80-84(72,73)78-50-60(67)51-79-85(74,75)81-55-62(53-77-64(69)47-39-31-25-24-27-35-43-57(5)6)82-65(70)48-40-32-22-13-11-12-18-26-34-42-56(3)4/h56-62,67H,9-55H2,1-8H3,(H,72,73)(H,74,75)/t58?,59?,60-,61-,62-/m1/s1. The molecule has 0 radical (unpaired) electrons. The van der Waals surface area contributed by atoms with Crippen LogP contribution in [-0.2, 0) is 65.4 Å². The molecule has 0 aliphatic heterocycles. The first-order valence-corrected chi connectivity index (χ1v) is 37.3. The van der Waals surface area contributed by atoms with Crippen molar-refractivity contribution in [2.75, 3.05) is 39.6 Å². The van der Waals surface area contributed by atoms with Gasteiger partial charge in [0.25, 0.3) is 0 Å². The maximum absolute atomic E-state index is 13.0. The summed E-state index contributed by atoms with van der Waals surface area (Å²) in [6.45, 7) is 14.0. The van der Waals surface area contributed by atoms with E-state index in [2.05, 4.69) is 55.4 Å². The quantitative estimate of drug-likeness (QED) is 0.0222. The summed E-state index contributed by atoms with van der Waals surface area (Å²) in [5.41, 5.74) is 0. The van der Waals surface area contributed by atoms with Crippen molar-refractivity contribution in [1.29, 1.82) is 0 Å². The number of carbonyl (C=O) groups is 4. The molecular weight excluding hydrogens is 1130 g/mol. The van der Waals surface area contributed by atoms with E-state index in [-0.39, 0.29) is 25.7 Å². The number of phosphoric acid groups is 2. The van der Waals surface area contributed by atoms with Gasteiger partial charge in [-0.2, -0.15) is 0 Å². The van der Waals surface area contributed by atoms with E-state index in [4.69, 9.17) is 37.0 Å². The molecule has 3 N–H and O–H groups in total. The second-order valence-corrected chi connectivity index (χ2v) is 28.2. The fourth-order valence-electron chi connectivity index (χ4n) is 9.72. The fourth-order valence-corrected chi connectivity index (χ4v) is 11.3. The first-order valence-electron chi connectivity index (χ1n) is 34.3. The smallest absolute Gasteiger partial charge is 0.462 e. The zero-order chi connectivity index (χ0) is 63.2. The number of aliphatic hydroxyl groups is 1. The van der Waals surface area contributed by atoms with Gasteiger partial charge in [-0.15, -0.1) is 0 Å². The summed E-state index contributed by atoms with van der Waals surface area (Å²) in [7, 11) is -9.89. The summed E-state index contributed by atoms with van der Waals surface area (Å²) < 4.78 is 68.1. The van der Waals surface area contributed by atoms with Gasteiger partial charge < -0.3 is 33.8 Å². The molecule has 0 aliphatic carbocycles. The molecule has 0 bridgehead atoms. The minimum absolute atomic E-state index is 0.103. The average molecular weight is 1260 g/mol. The third-order valence-electron chi connectivity index (χ3n) is 15.8. The molecule has 85 heavy (non-hydrogen) atoms. The van der Waals surface area contributed by atoms with Gasteiger partial charge in [-0.05, 0) is 49.4 Å². The molecule has 17 nitrogen and oxygen atoms in total.